The van der Waals surface area contributed by atoms with Gasteiger partial charge in [-0.25, -0.2) is 4.98 Å². The summed E-state index contributed by atoms with van der Waals surface area (Å²) in [6.45, 7) is 12.0. The van der Waals surface area contributed by atoms with Crippen LogP contribution in [0.2, 0.25) is 0 Å². The molecule has 0 unspecified atom stereocenters. The highest BCUT2D eigenvalue weighted by atomic mass is 32.2. The number of aryl methyl sites for hydroxylation is 1. The highest BCUT2D eigenvalue weighted by Crippen LogP contribution is 2.24. The Morgan fingerprint density at radius 1 is 1.41 bits per heavy atom. The molecule has 0 saturated heterocycles. The van der Waals surface area contributed by atoms with Crippen LogP contribution < -0.4 is 4.72 Å². The third-order valence-electron chi connectivity index (χ3n) is 2.50. The van der Waals surface area contributed by atoms with Crippen molar-refractivity contribution < 1.29 is 4.55 Å². The molecule has 0 fully saturated rings. The minimum absolute atomic E-state index is 0.0139. The Balaban J connectivity index is 2.81. The van der Waals surface area contributed by atoms with Crippen LogP contribution in [0.3, 0.4) is 0 Å². The van der Waals surface area contributed by atoms with Gasteiger partial charge in [0.15, 0.2) is 0 Å². The maximum Gasteiger partial charge on any atom is 0.136 e. The van der Waals surface area contributed by atoms with Crippen LogP contribution in [0.25, 0.3) is 0 Å². The molecule has 0 spiro atoms. The zero-order valence-corrected chi connectivity index (χ0v) is 12.3. The van der Waals surface area contributed by atoms with E-state index in [1.165, 1.54) is 0 Å². The van der Waals surface area contributed by atoms with Crippen LogP contribution in [0.15, 0.2) is 6.20 Å². The number of hydrogen-bond acceptors (Lipinski definition) is 3. The van der Waals surface area contributed by atoms with Crippen molar-refractivity contribution >= 4 is 11.4 Å². The number of hydrogen-bond donors (Lipinski definition) is 2. The highest BCUT2D eigenvalue weighted by molar-refractivity contribution is 7.90. The fourth-order valence-corrected chi connectivity index (χ4v) is 2.40. The van der Waals surface area contributed by atoms with Crippen LogP contribution in [-0.2, 0) is 11.4 Å². The minimum atomic E-state index is -1.08. The van der Waals surface area contributed by atoms with Gasteiger partial charge in [-0.05, 0) is 33.6 Å². The molecule has 1 heterocycles. The summed E-state index contributed by atoms with van der Waals surface area (Å²) in [4.78, 5) is 7.48. The summed E-state index contributed by atoms with van der Waals surface area (Å²) in [5, 5.41) is 0. The monoisotopic (exact) mass is 257 g/mol. The van der Waals surface area contributed by atoms with Gasteiger partial charge in [-0.2, -0.15) is 0 Å². The van der Waals surface area contributed by atoms with Crippen LogP contribution in [0.5, 0.6) is 0 Å². The van der Waals surface area contributed by atoms with Crippen molar-refractivity contribution in [2.75, 3.05) is 0 Å². The minimum Gasteiger partial charge on any atom is -0.598 e. The van der Waals surface area contributed by atoms with Crippen LogP contribution in [0.4, 0.5) is 0 Å². The van der Waals surface area contributed by atoms with Crippen LogP contribution in [0.1, 0.15) is 52.2 Å². The first-order valence-electron chi connectivity index (χ1n) is 5.91. The Morgan fingerprint density at radius 2 is 2.00 bits per heavy atom. The third kappa shape index (κ3) is 4.01. The summed E-state index contributed by atoms with van der Waals surface area (Å²) < 4.78 is 15.0. The van der Waals surface area contributed by atoms with Gasteiger partial charge in [-0.15, -0.1) is 4.72 Å². The number of H-pyrrole nitrogens is 1. The number of nitrogens with zero attached hydrogens (tertiary/aromatic N) is 1. The average Bonchev–Trinajstić information content (AvgIpc) is 2.58. The Kier molecular flexibility index (Phi) is 4.63. The molecule has 0 aromatic carbocycles. The lowest BCUT2D eigenvalue weighted by atomic mass is 10.0. The molecule has 0 aliphatic rings. The smallest absolute Gasteiger partial charge is 0.136 e. The van der Waals surface area contributed by atoms with Crippen molar-refractivity contribution in [2.45, 2.75) is 52.3 Å². The van der Waals surface area contributed by atoms with E-state index in [1.807, 2.05) is 33.9 Å². The average molecular weight is 257 g/mol. The van der Waals surface area contributed by atoms with Crippen molar-refractivity contribution in [2.24, 2.45) is 5.92 Å². The fraction of sp³-hybridized carbons (Fsp3) is 0.750. The molecule has 2 N–H and O–H groups in total. The molecule has 0 amide bonds. The van der Waals surface area contributed by atoms with Gasteiger partial charge in [0.1, 0.15) is 10.6 Å². The molecule has 17 heavy (non-hydrogen) atoms. The molecule has 98 valence electrons. The van der Waals surface area contributed by atoms with E-state index in [0.717, 1.165) is 11.5 Å². The van der Waals surface area contributed by atoms with E-state index in [1.54, 1.807) is 0 Å². The Bertz CT molecular complexity index is 357. The Hall–Kier alpha value is -0.520. The van der Waals surface area contributed by atoms with Gasteiger partial charge in [0.25, 0.3) is 0 Å². The summed E-state index contributed by atoms with van der Waals surface area (Å²) in [6.07, 6.45) is 1.88. The maximum absolute atomic E-state index is 12.1. The second-order valence-corrected chi connectivity index (χ2v) is 7.63. The van der Waals surface area contributed by atoms with Crippen molar-refractivity contribution in [3.8, 4) is 0 Å². The van der Waals surface area contributed by atoms with E-state index in [2.05, 4.69) is 28.5 Å². The van der Waals surface area contributed by atoms with Gasteiger partial charge >= 0.3 is 0 Å². The molecular weight excluding hydrogens is 234 g/mol. The predicted octanol–water partition coefficient (Wildman–Crippen LogP) is 2.47. The number of rotatable bonds is 4. The number of imidazole rings is 1. The normalized spacial score (nSPS) is 16.2. The molecule has 0 aliphatic carbocycles. The first-order valence-corrected chi connectivity index (χ1v) is 7.06. The van der Waals surface area contributed by atoms with E-state index < -0.39 is 11.4 Å². The topological polar surface area (TPSA) is 63.8 Å². The molecule has 2 atom stereocenters. The highest BCUT2D eigenvalue weighted by Gasteiger charge is 2.31. The number of nitrogens with one attached hydrogen (secondary N) is 2. The quantitative estimate of drug-likeness (QED) is 0.814. The standard InChI is InChI=1S/C12H23N3OS/c1-8(2)11(10-7-13-9(3)14-10)15-17(16)12(4,5)6/h7-8,11,15H,1-6H3,(H,13,14)/t11-,17-/m0/s1. The van der Waals surface area contributed by atoms with E-state index in [0.29, 0.717) is 5.92 Å². The van der Waals surface area contributed by atoms with Crippen LogP contribution in [0, 0.1) is 12.8 Å². The van der Waals surface area contributed by atoms with Crippen LogP contribution >= 0.6 is 0 Å². The van der Waals surface area contributed by atoms with Gasteiger partial charge in [-0.3, -0.25) is 0 Å². The fourth-order valence-electron chi connectivity index (χ4n) is 1.43. The molecule has 4 nitrogen and oxygen atoms in total. The largest absolute Gasteiger partial charge is 0.598 e. The van der Waals surface area contributed by atoms with E-state index in [9.17, 15) is 4.55 Å². The first-order chi connectivity index (χ1) is 7.71. The third-order valence-corrected chi connectivity index (χ3v) is 4.08. The number of aromatic nitrogens is 2. The molecule has 0 bridgehead atoms. The van der Waals surface area contributed by atoms with Gasteiger partial charge < -0.3 is 9.54 Å². The maximum atomic E-state index is 12.1. The van der Waals surface area contributed by atoms with E-state index >= 15 is 0 Å². The lowest BCUT2D eigenvalue weighted by Gasteiger charge is -2.28. The second-order valence-electron chi connectivity index (χ2n) is 5.63. The van der Waals surface area contributed by atoms with E-state index in [4.69, 9.17) is 0 Å². The number of aromatic amines is 1. The predicted molar refractivity (Wildman–Crippen MR) is 71.9 cm³/mol. The van der Waals surface area contributed by atoms with Crippen molar-refractivity contribution in [3.05, 3.63) is 17.7 Å². The molecule has 0 aliphatic heterocycles. The second kappa shape index (κ2) is 5.42. The zero-order valence-electron chi connectivity index (χ0n) is 11.5. The van der Waals surface area contributed by atoms with E-state index in [-0.39, 0.29) is 10.8 Å². The van der Waals surface area contributed by atoms with Gasteiger partial charge in [0, 0.05) is 17.6 Å². The van der Waals surface area contributed by atoms with Crippen molar-refractivity contribution in [1.29, 1.82) is 0 Å². The lowest BCUT2D eigenvalue weighted by molar-refractivity contribution is 0.445. The summed E-state index contributed by atoms with van der Waals surface area (Å²) in [5.41, 5.74) is 0.926. The summed E-state index contributed by atoms with van der Waals surface area (Å²) in [6, 6.07) is 0.0139. The SMILES string of the molecule is Cc1nc([C@@H](N[S@@+]([O-])C(C)(C)C)C(C)C)c[nH]1. The Morgan fingerprint density at radius 3 is 2.35 bits per heavy atom. The molecule has 1 aromatic heterocycles. The van der Waals surface area contributed by atoms with Crippen LogP contribution in [-0.4, -0.2) is 19.3 Å². The van der Waals surface area contributed by atoms with Crippen molar-refractivity contribution in [1.82, 2.24) is 14.7 Å². The molecule has 1 rings (SSSR count). The molecular formula is C12H23N3OS. The summed E-state index contributed by atoms with van der Waals surface area (Å²) in [7, 11) is 0. The molecule has 1 aromatic rings. The van der Waals surface area contributed by atoms with Gasteiger partial charge in [0.2, 0.25) is 0 Å². The first kappa shape index (κ1) is 14.5. The molecule has 0 saturated carbocycles. The zero-order chi connectivity index (χ0) is 13.2. The summed E-state index contributed by atoms with van der Waals surface area (Å²) in [5.74, 6) is 1.22. The Labute approximate surface area is 107 Å². The molecule has 5 heteroatoms. The van der Waals surface area contributed by atoms with Gasteiger partial charge in [0.05, 0.1) is 11.7 Å². The van der Waals surface area contributed by atoms with Gasteiger partial charge in [-0.1, -0.05) is 13.8 Å². The molecule has 0 radical (unpaired) electrons. The van der Waals surface area contributed by atoms with Crippen molar-refractivity contribution in [3.63, 3.8) is 0 Å². The summed E-state index contributed by atoms with van der Waals surface area (Å²) >= 11 is -1.08. The lowest BCUT2D eigenvalue weighted by Crippen LogP contribution is -2.42.